The molecule has 0 radical (unpaired) electrons. The monoisotopic (exact) mass is 439 g/mol. The van der Waals surface area contributed by atoms with Crippen LogP contribution in [0.3, 0.4) is 0 Å². The Morgan fingerprint density at radius 3 is 2.75 bits per heavy atom. The van der Waals surface area contributed by atoms with Crippen molar-refractivity contribution in [2.24, 2.45) is 0 Å². The molecule has 144 valence electrons. The summed E-state index contributed by atoms with van der Waals surface area (Å²) in [7, 11) is 0. The van der Waals surface area contributed by atoms with Crippen molar-refractivity contribution in [3.63, 3.8) is 0 Å². The van der Waals surface area contributed by atoms with Gasteiger partial charge in [0.2, 0.25) is 0 Å². The number of anilines is 1. The van der Waals surface area contributed by atoms with Crippen LogP contribution in [0.15, 0.2) is 60.3 Å². The summed E-state index contributed by atoms with van der Waals surface area (Å²) >= 11 is 7.60. The lowest BCUT2D eigenvalue weighted by Gasteiger charge is -2.16. The van der Waals surface area contributed by atoms with Gasteiger partial charge in [-0.15, -0.1) is 11.8 Å². The average molecular weight is 440 g/mol. The minimum atomic E-state index is -4.36. The van der Waals surface area contributed by atoms with E-state index in [1.54, 1.807) is 23.9 Å². The van der Waals surface area contributed by atoms with E-state index in [1.165, 1.54) is 6.07 Å². The molecule has 0 spiro atoms. The van der Waals surface area contributed by atoms with Crippen LogP contribution in [-0.2, 0) is 0 Å². The van der Waals surface area contributed by atoms with Crippen molar-refractivity contribution in [3.05, 3.63) is 76.4 Å². The van der Waals surface area contributed by atoms with E-state index in [9.17, 15) is 13.2 Å². The van der Waals surface area contributed by atoms with E-state index in [-0.39, 0.29) is 23.0 Å². The van der Waals surface area contributed by atoms with Crippen LogP contribution in [-0.4, -0.2) is 10.5 Å². The summed E-state index contributed by atoms with van der Waals surface area (Å²) in [5, 5.41) is 7.91. The molecule has 3 aromatic rings. The molecule has 1 atom stereocenters. The third-order valence-electron chi connectivity index (χ3n) is 4.13. The maximum atomic E-state index is 12.3. The number of fused-ring (bicyclic) bond motifs is 1. The number of aromatic nitrogens is 1. The molecular weight excluding hydrogens is 427 g/mol. The van der Waals surface area contributed by atoms with Crippen molar-refractivity contribution >= 4 is 57.5 Å². The molecule has 1 unspecified atom stereocenters. The Balaban J connectivity index is 1.52. The van der Waals surface area contributed by atoms with Crippen molar-refractivity contribution in [2.75, 3.05) is 4.72 Å². The predicted molar refractivity (Wildman–Crippen MR) is 112 cm³/mol. The minimum absolute atomic E-state index is 0.0248. The lowest BCUT2D eigenvalue weighted by Crippen LogP contribution is -2.13. The molecule has 0 aliphatic carbocycles. The van der Waals surface area contributed by atoms with Crippen LogP contribution >= 0.6 is 35.3 Å². The molecule has 1 aliphatic rings. The van der Waals surface area contributed by atoms with Gasteiger partial charge in [-0.3, -0.25) is 4.98 Å². The van der Waals surface area contributed by atoms with Crippen molar-refractivity contribution in [1.29, 1.82) is 0 Å². The molecule has 3 nitrogen and oxygen atoms in total. The highest BCUT2D eigenvalue weighted by atomic mass is 35.5. The Morgan fingerprint density at radius 1 is 1.14 bits per heavy atom. The number of alkyl halides is 3. The van der Waals surface area contributed by atoms with Crippen LogP contribution in [0.1, 0.15) is 16.5 Å². The van der Waals surface area contributed by atoms with E-state index >= 15 is 0 Å². The van der Waals surface area contributed by atoms with Gasteiger partial charge in [0.05, 0.1) is 22.7 Å². The SMILES string of the molecule is FC(F)(F)SNc1ccc(C2=CSC(c3cncc4ccccc34)N2)c(Cl)c1. The maximum absolute atomic E-state index is 12.3. The fraction of sp³-hybridized carbons (Fsp3) is 0.105. The van der Waals surface area contributed by atoms with E-state index in [4.69, 9.17) is 11.6 Å². The lowest BCUT2D eigenvalue weighted by molar-refractivity contribution is -0.0323. The van der Waals surface area contributed by atoms with Gasteiger partial charge in [-0.25, -0.2) is 0 Å². The highest BCUT2D eigenvalue weighted by Gasteiger charge is 2.29. The first-order chi connectivity index (χ1) is 13.4. The second kappa shape index (κ2) is 7.77. The van der Waals surface area contributed by atoms with Gasteiger partial charge in [-0.1, -0.05) is 35.9 Å². The lowest BCUT2D eigenvalue weighted by atomic mass is 10.1. The molecule has 1 aliphatic heterocycles. The Morgan fingerprint density at radius 2 is 1.96 bits per heavy atom. The standard InChI is InChI=1S/C19H13ClF3N3S2/c20-16-7-12(26-28-19(21,22)23)5-6-14(16)17-10-27-18(25-17)15-9-24-8-11-3-1-2-4-13(11)15/h1-10,18,25-26H. The van der Waals surface area contributed by atoms with Gasteiger partial charge >= 0.3 is 5.51 Å². The molecule has 9 heteroatoms. The summed E-state index contributed by atoms with van der Waals surface area (Å²) in [4.78, 5) is 4.32. The van der Waals surface area contributed by atoms with Crippen molar-refractivity contribution in [2.45, 2.75) is 10.9 Å². The number of rotatable bonds is 4. The first-order valence-electron chi connectivity index (χ1n) is 8.16. The van der Waals surface area contributed by atoms with Gasteiger partial charge in [-0.2, -0.15) is 13.2 Å². The van der Waals surface area contributed by atoms with Crippen molar-refractivity contribution < 1.29 is 13.2 Å². The largest absolute Gasteiger partial charge is 0.461 e. The summed E-state index contributed by atoms with van der Waals surface area (Å²) in [6.07, 6.45) is 3.67. The van der Waals surface area contributed by atoms with Crippen LogP contribution in [0, 0.1) is 0 Å². The Bertz CT molecular complexity index is 1050. The summed E-state index contributed by atoms with van der Waals surface area (Å²) in [5.74, 6) is 0. The molecule has 2 aromatic carbocycles. The zero-order valence-corrected chi connectivity index (χ0v) is 16.5. The Hall–Kier alpha value is -2.03. The van der Waals surface area contributed by atoms with E-state index in [1.807, 2.05) is 36.0 Å². The topological polar surface area (TPSA) is 37.0 Å². The Labute approximate surface area is 172 Å². The predicted octanol–water partition coefficient (Wildman–Crippen LogP) is 6.80. The highest BCUT2D eigenvalue weighted by Crippen LogP contribution is 2.41. The Kier molecular flexibility index (Phi) is 5.35. The number of benzene rings is 2. The van der Waals surface area contributed by atoms with E-state index in [0.717, 1.165) is 27.6 Å². The molecule has 2 heterocycles. The average Bonchev–Trinajstić information content (AvgIpc) is 3.15. The molecule has 2 N–H and O–H groups in total. The van der Waals surface area contributed by atoms with E-state index < -0.39 is 5.51 Å². The number of nitrogens with zero attached hydrogens (tertiary/aromatic N) is 1. The molecule has 0 amide bonds. The molecule has 4 rings (SSSR count). The normalized spacial score (nSPS) is 16.7. The number of hydrogen-bond acceptors (Lipinski definition) is 5. The number of halogens is 4. The fourth-order valence-electron chi connectivity index (χ4n) is 2.90. The second-order valence-corrected chi connectivity index (χ2v) is 8.24. The van der Waals surface area contributed by atoms with Crippen LogP contribution in [0.2, 0.25) is 5.02 Å². The van der Waals surface area contributed by atoms with Gasteiger partial charge in [0.1, 0.15) is 5.37 Å². The number of pyridine rings is 1. The molecule has 0 bridgehead atoms. The summed E-state index contributed by atoms with van der Waals surface area (Å²) in [6, 6.07) is 12.8. The molecule has 0 fully saturated rings. The molecule has 0 saturated heterocycles. The van der Waals surface area contributed by atoms with Crippen LogP contribution in [0.25, 0.3) is 16.5 Å². The van der Waals surface area contributed by atoms with Gasteiger partial charge in [0, 0.05) is 34.6 Å². The van der Waals surface area contributed by atoms with Crippen molar-refractivity contribution in [1.82, 2.24) is 10.3 Å². The fourth-order valence-corrected chi connectivity index (χ4v) is 4.54. The zero-order valence-electron chi connectivity index (χ0n) is 14.1. The minimum Gasteiger partial charge on any atom is -0.368 e. The molecular formula is C19H13ClF3N3S2. The van der Waals surface area contributed by atoms with E-state index in [0.29, 0.717) is 5.02 Å². The number of hydrogen-bond donors (Lipinski definition) is 2. The summed E-state index contributed by atoms with van der Waals surface area (Å²) < 4.78 is 39.2. The maximum Gasteiger partial charge on any atom is 0.461 e. The van der Waals surface area contributed by atoms with Gasteiger partial charge in [0.25, 0.3) is 0 Å². The van der Waals surface area contributed by atoms with Gasteiger partial charge in [-0.05, 0) is 29.0 Å². The summed E-state index contributed by atoms with van der Waals surface area (Å²) in [5.41, 5.74) is -1.46. The quantitative estimate of drug-likeness (QED) is 0.437. The first kappa shape index (κ1) is 19.3. The molecule has 1 aromatic heterocycles. The van der Waals surface area contributed by atoms with Gasteiger partial charge < -0.3 is 10.0 Å². The van der Waals surface area contributed by atoms with Crippen LogP contribution in [0.5, 0.6) is 0 Å². The van der Waals surface area contributed by atoms with Crippen molar-refractivity contribution in [3.8, 4) is 0 Å². The van der Waals surface area contributed by atoms with Crippen LogP contribution < -0.4 is 10.0 Å². The third kappa shape index (κ3) is 4.19. The smallest absolute Gasteiger partial charge is 0.368 e. The number of thioether (sulfide) groups is 1. The number of nitrogens with one attached hydrogen (secondary N) is 2. The zero-order chi connectivity index (χ0) is 19.7. The third-order valence-corrected chi connectivity index (χ3v) is 6.03. The second-order valence-electron chi connectivity index (χ2n) is 5.99. The molecule has 0 saturated carbocycles. The summed E-state index contributed by atoms with van der Waals surface area (Å²) in [6.45, 7) is 0. The first-order valence-corrected chi connectivity index (χ1v) is 10.3. The van der Waals surface area contributed by atoms with E-state index in [2.05, 4.69) is 21.1 Å². The molecule has 28 heavy (non-hydrogen) atoms. The van der Waals surface area contributed by atoms with Gasteiger partial charge in [0.15, 0.2) is 0 Å². The highest BCUT2D eigenvalue weighted by molar-refractivity contribution is 8.02. The van der Waals surface area contributed by atoms with Crippen LogP contribution in [0.4, 0.5) is 18.9 Å².